The van der Waals surface area contributed by atoms with E-state index in [0.29, 0.717) is 28.0 Å². The molecule has 2 N–H and O–H groups in total. The zero-order valence-electron chi connectivity index (χ0n) is 11.7. The molecule has 2 aromatic rings. The predicted molar refractivity (Wildman–Crippen MR) is 80.3 cm³/mol. The number of nitrogens with zero attached hydrogens (tertiary/aromatic N) is 2. The fourth-order valence-corrected chi connectivity index (χ4v) is 2.36. The Kier molecular flexibility index (Phi) is 4.62. The first kappa shape index (κ1) is 15.5. The molecule has 0 unspecified atom stereocenters. The largest absolute Gasteiger partial charge is 0.456 e. The van der Waals surface area contributed by atoms with Gasteiger partial charge in [-0.3, -0.25) is 4.68 Å². The third-order valence-corrected chi connectivity index (χ3v) is 3.78. The highest BCUT2D eigenvalue weighted by molar-refractivity contribution is 9.10. The molecule has 0 atom stereocenters. The second-order valence-electron chi connectivity index (χ2n) is 4.48. The zero-order valence-corrected chi connectivity index (χ0v) is 13.3. The minimum atomic E-state index is -0.550. The molecule has 0 saturated heterocycles. The third-order valence-electron chi connectivity index (χ3n) is 3.04. The number of anilines is 1. The number of esters is 1. The van der Waals surface area contributed by atoms with Crippen molar-refractivity contribution in [2.75, 3.05) is 5.73 Å². The molecule has 2 rings (SSSR count). The van der Waals surface area contributed by atoms with Gasteiger partial charge in [-0.05, 0) is 26.0 Å². The quantitative estimate of drug-likeness (QED) is 0.855. The summed E-state index contributed by atoms with van der Waals surface area (Å²) in [5.41, 5.74) is 7.68. The molecule has 0 fully saturated rings. The molecule has 21 heavy (non-hydrogen) atoms. The van der Waals surface area contributed by atoms with Crippen LogP contribution in [0.3, 0.4) is 0 Å². The lowest BCUT2D eigenvalue weighted by Gasteiger charge is -2.08. The number of hydrogen-bond donors (Lipinski definition) is 1. The van der Waals surface area contributed by atoms with Gasteiger partial charge in [0.05, 0.1) is 11.4 Å². The molecule has 1 aromatic carbocycles. The third kappa shape index (κ3) is 3.24. The summed E-state index contributed by atoms with van der Waals surface area (Å²) >= 11 is 3.23. The number of aromatic nitrogens is 2. The lowest BCUT2D eigenvalue weighted by molar-refractivity contribution is 0.0459. The van der Waals surface area contributed by atoms with E-state index in [4.69, 9.17) is 10.5 Å². The number of halogens is 2. The second-order valence-corrected chi connectivity index (χ2v) is 5.33. The van der Waals surface area contributed by atoms with Gasteiger partial charge in [0.2, 0.25) is 0 Å². The SMILES string of the molecule is CCn1nc(C)c(N)c1C(=O)OCc1ccc(F)cc1Br. The molecule has 0 spiro atoms. The molecule has 7 heteroatoms. The van der Waals surface area contributed by atoms with Crippen molar-refractivity contribution in [3.63, 3.8) is 0 Å². The van der Waals surface area contributed by atoms with E-state index in [0.717, 1.165) is 0 Å². The molecule has 0 aliphatic rings. The molecule has 0 amide bonds. The number of nitrogen functional groups attached to an aromatic ring is 1. The van der Waals surface area contributed by atoms with Crippen molar-refractivity contribution in [1.82, 2.24) is 9.78 Å². The second kappa shape index (κ2) is 6.26. The van der Waals surface area contributed by atoms with Crippen molar-refractivity contribution >= 4 is 27.6 Å². The summed E-state index contributed by atoms with van der Waals surface area (Å²) in [5.74, 6) is -0.910. The van der Waals surface area contributed by atoms with Crippen molar-refractivity contribution in [1.29, 1.82) is 0 Å². The fraction of sp³-hybridized carbons (Fsp3) is 0.286. The van der Waals surface area contributed by atoms with Gasteiger partial charge in [-0.25, -0.2) is 9.18 Å². The van der Waals surface area contributed by atoms with E-state index < -0.39 is 5.97 Å². The number of carbonyl (C=O) groups excluding carboxylic acids is 1. The smallest absolute Gasteiger partial charge is 0.359 e. The maximum absolute atomic E-state index is 13.0. The van der Waals surface area contributed by atoms with Crippen LogP contribution in [0.4, 0.5) is 10.1 Å². The summed E-state index contributed by atoms with van der Waals surface area (Å²) in [6.07, 6.45) is 0. The van der Waals surface area contributed by atoms with Crippen molar-refractivity contribution in [2.24, 2.45) is 0 Å². The maximum Gasteiger partial charge on any atom is 0.359 e. The van der Waals surface area contributed by atoms with Gasteiger partial charge in [-0.1, -0.05) is 22.0 Å². The first-order valence-electron chi connectivity index (χ1n) is 6.38. The highest BCUT2D eigenvalue weighted by atomic mass is 79.9. The van der Waals surface area contributed by atoms with Crippen molar-refractivity contribution in [3.8, 4) is 0 Å². The molecule has 1 aromatic heterocycles. The van der Waals surface area contributed by atoms with Crippen LogP contribution >= 0.6 is 15.9 Å². The summed E-state index contributed by atoms with van der Waals surface area (Å²) < 4.78 is 20.3. The van der Waals surface area contributed by atoms with E-state index in [1.54, 1.807) is 13.0 Å². The summed E-state index contributed by atoms with van der Waals surface area (Å²) in [4.78, 5) is 12.2. The molecular formula is C14H15BrFN3O2. The fourth-order valence-electron chi connectivity index (χ4n) is 1.89. The number of ether oxygens (including phenoxy) is 1. The highest BCUT2D eigenvalue weighted by Gasteiger charge is 2.20. The summed E-state index contributed by atoms with van der Waals surface area (Å²) in [6, 6.07) is 4.18. The molecule has 0 aliphatic heterocycles. The summed E-state index contributed by atoms with van der Waals surface area (Å²) in [6.45, 7) is 4.13. The van der Waals surface area contributed by atoms with Gasteiger partial charge in [0.25, 0.3) is 0 Å². The molecule has 1 heterocycles. The highest BCUT2D eigenvalue weighted by Crippen LogP contribution is 2.21. The summed E-state index contributed by atoms with van der Waals surface area (Å²) in [7, 11) is 0. The number of aryl methyl sites for hydroxylation is 2. The van der Waals surface area contributed by atoms with E-state index in [1.165, 1.54) is 16.8 Å². The number of hydrogen-bond acceptors (Lipinski definition) is 4. The number of carbonyl (C=O) groups is 1. The topological polar surface area (TPSA) is 70.1 Å². The Morgan fingerprint density at radius 2 is 2.24 bits per heavy atom. The Morgan fingerprint density at radius 3 is 2.86 bits per heavy atom. The van der Waals surface area contributed by atoms with Gasteiger partial charge >= 0.3 is 5.97 Å². The van der Waals surface area contributed by atoms with Gasteiger partial charge in [0.1, 0.15) is 12.4 Å². The van der Waals surface area contributed by atoms with E-state index >= 15 is 0 Å². The Balaban J connectivity index is 2.15. The Hall–Kier alpha value is -1.89. The molecule has 0 saturated carbocycles. The van der Waals surface area contributed by atoms with Crippen molar-refractivity contribution in [2.45, 2.75) is 27.0 Å². The normalized spacial score (nSPS) is 10.7. The standard InChI is InChI=1S/C14H15BrFN3O2/c1-3-19-13(12(17)8(2)18-19)14(20)21-7-9-4-5-10(16)6-11(9)15/h4-6H,3,7,17H2,1-2H3. The lowest BCUT2D eigenvalue weighted by Crippen LogP contribution is -2.14. The Bertz CT molecular complexity index is 685. The van der Waals surface area contributed by atoms with Crippen molar-refractivity contribution in [3.05, 3.63) is 45.4 Å². The summed E-state index contributed by atoms with van der Waals surface area (Å²) in [5, 5.41) is 4.17. The monoisotopic (exact) mass is 355 g/mol. The molecular weight excluding hydrogens is 341 g/mol. The number of nitrogens with two attached hydrogens (primary N) is 1. The number of benzene rings is 1. The molecule has 0 radical (unpaired) electrons. The van der Waals surface area contributed by atoms with Crippen LogP contribution in [-0.4, -0.2) is 15.7 Å². The first-order valence-corrected chi connectivity index (χ1v) is 7.17. The van der Waals surface area contributed by atoms with E-state index in [1.807, 2.05) is 6.92 Å². The van der Waals surface area contributed by atoms with Crippen molar-refractivity contribution < 1.29 is 13.9 Å². The van der Waals surface area contributed by atoms with E-state index in [9.17, 15) is 9.18 Å². The van der Waals surface area contributed by atoms with Crippen LogP contribution in [0, 0.1) is 12.7 Å². The van der Waals surface area contributed by atoms with E-state index in [-0.39, 0.29) is 18.1 Å². The average Bonchev–Trinajstić information content (AvgIpc) is 2.73. The first-order chi connectivity index (χ1) is 9.93. The molecule has 112 valence electrons. The van der Waals surface area contributed by atoms with Gasteiger partial charge in [0.15, 0.2) is 5.69 Å². The van der Waals surface area contributed by atoms with Gasteiger partial charge in [0, 0.05) is 16.6 Å². The van der Waals surface area contributed by atoms with Crippen LogP contribution in [0.25, 0.3) is 0 Å². The maximum atomic E-state index is 13.0. The molecule has 5 nitrogen and oxygen atoms in total. The average molecular weight is 356 g/mol. The Morgan fingerprint density at radius 1 is 1.52 bits per heavy atom. The molecule has 0 aliphatic carbocycles. The molecule has 0 bridgehead atoms. The predicted octanol–water partition coefficient (Wildman–Crippen LogP) is 3.05. The van der Waals surface area contributed by atoms with Crippen LogP contribution in [0.2, 0.25) is 0 Å². The van der Waals surface area contributed by atoms with Crippen LogP contribution < -0.4 is 5.73 Å². The lowest BCUT2D eigenvalue weighted by atomic mass is 10.2. The van der Waals surface area contributed by atoms with Gasteiger partial charge < -0.3 is 10.5 Å². The van der Waals surface area contributed by atoms with Crippen LogP contribution in [0.15, 0.2) is 22.7 Å². The van der Waals surface area contributed by atoms with Crippen LogP contribution in [0.5, 0.6) is 0 Å². The van der Waals surface area contributed by atoms with Gasteiger partial charge in [-0.2, -0.15) is 5.10 Å². The van der Waals surface area contributed by atoms with Gasteiger partial charge in [-0.15, -0.1) is 0 Å². The van der Waals surface area contributed by atoms with Crippen LogP contribution in [-0.2, 0) is 17.9 Å². The Labute approximate surface area is 130 Å². The zero-order chi connectivity index (χ0) is 15.6. The van der Waals surface area contributed by atoms with E-state index in [2.05, 4.69) is 21.0 Å². The minimum Gasteiger partial charge on any atom is -0.456 e. The minimum absolute atomic E-state index is 0.0209. The van der Waals surface area contributed by atoms with Crippen LogP contribution in [0.1, 0.15) is 28.7 Å². The number of rotatable bonds is 4.